The van der Waals surface area contributed by atoms with Gasteiger partial charge in [0.15, 0.2) is 0 Å². The summed E-state index contributed by atoms with van der Waals surface area (Å²) < 4.78 is 0. The first-order valence-corrected chi connectivity index (χ1v) is 8.68. The number of aliphatic imine (C=N–C) groups is 1. The lowest BCUT2D eigenvalue weighted by Gasteiger charge is -2.14. The molecule has 0 aromatic heterocycles. The highest BCUT2D eigenvalue weighted by Gasteiger charge is 2.18. The van der Waals surface area contributed by atoms with E-state index in [9.17, 15) is 9.59 Å². The Hall–Kier alpha value is -2.76. The third-order valence-electron chi connectivity index (χ3n) is 3.93. The van der Waals surface area contributed by atoms with Gasteiger partial charge >= 0.3 is 0 Å². The van der Waals surface area contributed by atoms with Crippen LogP contribution in [0.4, 0.5) is 5.69 Å². The fourth-order valence-corrected chi connectivity index (χ4v) is 2.43. The van der Waals surface area contributed by atoms with Crippen molar-refractivity contribution >= 4 is 28.8 Å². The molecule has 140 valence electrons. The van der Waals surface area contributed by atoms with Crippen molar-refractivity contribution in [2.45, 2.75) is 33.1 Å². The molecule has 0 spiro atoms. The predicted octanol–water partition coefficient (Wildman–Crippen LogP) is 2.87. The zero-order valence-electron chi connectivity index (χ0n) is 16.2. The molecule has 0 bridgehead atoms. The lowest BCUT2D eigenvalue weighted by molar-refractivity contribution is -0.110. The van der Waals surface area contributed by atoms with Crippen molar-refractivity contribution in [1.82, 2.24) is 4.90 Å². The highest BCUT2D eigenvalue weighted by molar-refractivity contribution is 6.53. The van der Waals surface area contributed by atoms with Gasteiger partial charge in [0, 0.05) is 45.5 Å². The van der Waals surface area contributed by atoms with Crippen molar-refractivity contribution in [2.24, 2.45) is 4.99 Å². The summed E-state index contributed by atoms with van der Waals surface area (Å²) in [5, 5.41) is 10.9. The third-order valence-corrected chi connectivity index (χ3v) is 3.93. The minimum absolute atomic E-state index is 0.102. The molecule has 0 aliphatic heterocycles. The Morgan fingerprint density at radius 3 is 2.23 bits per heavy atom. The third kappa shape index (κ3) is 5.95. The van der Waals surface area contributed by atoms with Gasteiger partial charge in [-0.15, -0.1) is 0 Å². The maximum absolute atomic E-state index is 12.5. The average molecular weight is 356 g/mol. The number of anilines is 1. The van der Waals surface area contributed by atoms with E-state index in [4.69, 9.17) is 5.41 Å². The average Bonchev–Trinajstić information content (AvgIpc) is 2.63. The number of nitrogens with zero attached hydrogens (tertiary/aromatic N) is 2. The number of amides is 1. The fraction of sp³-hybridized carbons (Fsp3) is 0.400. The zero-order chi connectivity index (χ0) is 19.7. The molecule has 0 fully saturated rings. The number of nitrogens with one attached hydrogen (secondary N) is 2. The van der Waals surface area contributed by atoms with E-state index in [0.29, 0.717) is 0 Å². The molecule has 0 heterocycles. The van der Waals surface area contributed by atoms with Crippen LogP contribution in [0.25, 0.3) is 0 Å². The van der Waals surface area contributed by atoms with Crippen LogP contribution in [0.2, 0.25) is 0 Å². The van der Waals surface area contributed by atoms with Gasteiger partial charge in [0.05, 0.1) is 5.71 Å². The van der Waals surface area contributed by atoms with E-state index in [1.807, 2.05) is 32.0 Å². The van der Waals surface area contributed by atoms with E-state index < -0.39 is 5.91 Å². The summed E-state index contributed by atoms with van der Waals surface area (Å²) in [4.78, 5) is 30.3. The Kier molecular flexibility index (Phi) is 8.42. The topological polar surface area (TPSA) is 85.6 Å². The minimum Gasteiger partial charge on any atom is -0.383 e. The Morgan fingerprint density at radius 1 is 1.19 bits per heavy atom. The van der Waals surface area contributed by atoms with Crippen molar-refractivity contribution in [1.29, 1.82) is 5.41 Å². The monoisotopic (exact) mass is 356 g/mol. The van der Waals surface area contributed by atoms with E-state index >= 15 is 0 Å². The van der Waals surface area contributed by atoms with Crippen LogP contribution >= 0.6 is 0 Å². The second-order valence-corrected chi connectivity index (χ2v) is 6.08. The molecular formula is C20H28N4O2. The van der Waals surface area contributed by atoms with Gasteiger partial charge in [0.2, 0.25) is 5.78 Å². The van der Waals surface area contributed by atoms with Crippen molar-refractivity contribution in [3.8, 4) is 0 Å². The summed E-state index contributed by atoms with van der Waals surface area (Å²) in [5.74, 6) is -0.812. The molecule has 1 amide bonds. The smallest absolute Gasteiger partial charge is 0.269 e. The van der Waals surface area contributed by atoms with Gasteiger partial charge in [-0.25, -0.2) is 0 Å². The van der Waals surface area contributed by atoms with Crippen LogP contribution < -0.4 is 5.32 Å². The summed E-state index contributed by atoms with van der Waals surface area (Å²) in [7, 11) is 5.10. The molecule has 2 N–H and O–H groups in total. The number of para-hydroxylation sites is 1. The molecule has 1 aromatic rings. The van der Waals surface area contributed by atoms with Crippen LogP contribution in [0, 0.1) is 5.41 Å². The van der Waals surface area contributed by atoms with Crippen LogP contribution in [0.5, 0.6) is 0 Å². The highest BCUT2D eigenvalue weighted by atomic mass is 16.2. The van der Waals surface area contributed by atoms with Crippen molar-refractivity contribution in [3.63, 3.8) is 0 Å². The standard InChI is InChI=1S/C20H28N4O2/c1-6-14-9-8-10-15(7-2)19(14)23-20(26)16(21)13-17(22-3)18(25)11-12-24(4)5/h8-12,21H,6-7,13H2,1-5H3,(H,23,26). The Morgan fingerprint density at radius 2 is 1.77 bits per heavy atom. The number of benzene rings is 1. The lowest BCUT2D eigenvalue weighted by Crippen LogP contribution is -2.27. The molecule has 0 saturated heterocycles. The first-order valence-electron chi connectivity index (χ1n) is 8.68. The van der Waals surface area contributed by atoms with Crippen LogP contribution in [0.3, 0.4) is 0 Å². The molecular weight excluding hydrogens is 328 g/mol. The number of aryl methyl sites for hydroxylation is 2. The number of allylic oxidation sites excluding steroid dienone is 1. The van der Waals surface area contributed by atoms with Gasteiger partial charge in [0.25, 0.3) is 5.91 Å². The minimum atomic E-state index is -0.508. The molecule has 0 saturated carbocycles. The Bertz CT molecular complexity index is 711. The summed E-state index contributed by atoms with van der Waals surface area (Å²) >= 11 is 0. The quantitative estimate of drug-likeness (QED) is 0.527. The molecule has 6 nitrogen and oxygen atoms in total. The van der Waals surface area contributed by atoms with Crippen LogP contribution in [0.1, 0.15) is 31.4 Å². The van der Waals surface area contributed by atoms with Crippen LogP contribution in [-0.4, -0.2) is 49.2 Å². The summed E-state index contributed by atoms with van der Waals surface area (Å²) in [5.41, 5.74) is 2.81. The number of ketones is 1. The van der Waals surface area contributed by atoms with Crippen molar-refractivity contribution in [3.05, 3.63) is 41.6 Å². The van der Waals surface area contributed by atoms with E-state index in [-0.39, 0.29) is 23.6 Å². The number of rotatable bonds is 9. The maximum Gasteiger partial charge on any atom is 0.269 e. The lowest BCUT2D eigenvalue weighted by atomic mass is 10.0. The molecule has 1 aromatic carbocycles. The molecule has 6 heteroatoms. The van der Waals surface area contributed by atoms with Crippen molar-refractivity contribution in [2.75, 3.05) is 26.5 Å². The van der Waals surface area contributed by atoms with Gasteiger partial charge in [-0.05, 0) is 24.0 Å². The summed E-state index contributed by atoms with van der Waals surface area (Å²) in [6.45, 7) is 4.04. The first-order chi connectivity index (χ1) is 12.3. The second kappa shape index (κ2) is 10.3. The molecule has 0 radical (unpaired) electrons. The van der Waals surface area contributed by atoms with Gasteiger partial charge in [0.1, 0.15) is 5.71 Å². The normalized spacial score (nSPS) is 11.5. The van der Waals surface area contributed by atoms with E-state index in [2.05, 4.69) is 10.3 Å². The van der Waals surface area contributed by atoms with E-state index in [1.54, 1.807) is 25.2 Å². The first kappa shape index (κ1) is 21.3. The zero-order valence-corrected chi connectivity index (χ0v) is 16.2. The van der Waals surface area contributed by atoms with Crippen LogP contribution in [0.15, 0.2) is 35.5 Å². The van der Waals surface area contributed by atoms with Gasteiger partial charge in [-0.2, -0.15) is 0 Å². The molecule has 26 heavy (non-hydrogen) atoms. The number of carbonyl (C=O) groups is 2. The van der Waals surface area contributed by atoms with E-state index in [1.165, 1.54) is 13.1 Å². The molecule has 0 aliphatic rings. The molecule has 1 rings (SSSR count). The summed E-state index contributed by atoms with van der Waals surface area (Å²) in [6, 6.07) is 5.90. The second-order valence-electron chi connectivity index (χ2n) is 6.08. The SMILES string of the molecule is CCc1cccc(CC)c1NC(=O)C(=N)CC(=NC)C(=O)C=CN(C)C. The van der Waals surface area contributed by atoms with Crippen LogP contribution in [-0.2, 0) is 22.4 Å². The van der Waals surface area contributed by atoms with Crippen molar-refractivity contribution < 1.29 is 9.59 Å². The van der Waals surface area contributed by atoms with Gasteiger partial charge in [-0.1, -0.05) is 32.0 Å². The summed E-state index contributed by atoms with van der Waals surface area (Å²) in [6.07, 6.45) is 4.46. The molecule has 0 aliphatic carbocycles. The number of carbonyl (C=O) groups excluding carboxylic acids is 2. The predicted molar refractivity (Wildman–Crippen MR) is 107 cm³/mol. The Labute approximate surface area is 155 Å². The van der Waals surface area contributed by atoms with E-state index in [0.717, 1.165) is 29.7 Å². The van der Waals surface area contributed by atoms with Gasteiger partial charge < -0.3 is 10.2 Å². The van der Waals surface area contributed by atoms with Gasteiger partial charge in [-0.3, -0.25) is 20.0 Å². The molecule has 0 unspecified atom stereocenters. The number of hydrogen-bond donors (Lipinski definition) is 2. The largest absolute Gasteiger partial charge is 0.383 e. The molecule has 0 atom stereocenters. The number of hydrogen-bond acceptors (Lipinski definition) is 5. The fourth-order valence-electron chi connectivity index (χ4n) is 2.43. The maximum atomic E-state index is 12.5. The highest BCUT2D eigenvalue weighted by Crippen LogP contribution is 2.22. The Balaban J connectivity index is 2.89.